The average molecular weight is 234 g/mol. The van der Waals surface area contributed by atoms with Crippen LogP contribution in [0, 0.1) is 11.8 Å². The number of anilines is 1. The highest BCUT2D eigenvalue weighted by atomic mass is 32.2. The van der Waals surface area contributed by atoms with E-state index in [1.807, 2.05) is 30.5 Å². The third-order valence-corrected chi connectivity index (χ3v) is 2.31. The summed E-state index contributed by atoms with van der Waals surface area (Å²) in [5, 5.41) is 2.80. The van der Waals surface area contributed by atoms with Gasteiger partial charge in [-0.25, -0.2) is 0 Å². The molecule has 0 aliphatic rings. The normalized spacial score (nSPS) is 9.12. The Morgan fingerprint density at radius 1 is 1.56 bits per heavy atom. The smallest absolute Gasteiger partial charge is 0.234 e. The number of carbonyl (C=O) groups excluding carboxylic acids is 1. The maximum absolute atomic E-state index is 11.3. The fourth-order valence-corrected chi connectivity index (χ4v) is 1.49. The topological polar surface area (TPSA) is 55.1 Å². The van der Waals surface area contributed by atoms with Gasteiger partial charge in [0.2, 0.25) is 5.91 Å². The van der Waals surface area contributed by atoms with Crippen LogP contribution in [0.1, 0.15) is 5.56 Å². The summed E-state index contributed by atoms with van der Waals surface area (Å²) in [6.07, 6.45) is 1.89. The molecular formula is C12H14N2OS. The minimum absolute atomic E-state index is 0.00330. The lowest BCUT2D eigenvalue weighted by molar-refractivity contribution is -0.113. The van der Waals surface area contributed by atoms with Gasteiger partial charge in [-0.15, -0.1) is 0 Å². The molecule has 0 saturated heterocycles. The maximum Gasteiger partial charge on any atom is 0.234 e. The first kappa shape index (κ1) is 12.6. The second-order valence-electron chi connectivity index (χ2n) is 3.07. The molecule has 0 fully saturated rings. The summed E-state index contributed by atoms with van der Waals surface area (Å²) in [5.74, 6) is 6.14. The minimum Gasteiger partial charge on any atom is -0.325 e. The van der Waals surface area contributed by atoms with Gasteiger partial charge in [0.25, 0.3) is 0 Å². The summed E-state index contributed by atoms with van der Waals surface area (Å²) in [7, 11) is 0. The number of amides is 1. The lowest BCUT2D eigenvalue weighted by Gasteiger charge is -2.03. The van der Waals surface area contributed by atoms with Crippen LogP contribution < -0.4 is 11.1 Å². The Morgan fingerprint density at radius 3 is 3.06 bits per heavy atom. The van der Waals surface area contributed by atoms with E-state index in [9.17, 15) is 4.79 Å². The molecule has 0 bridgehead atoms. The molecule has 0 unspecified atom stereocenters. The highest BCUT2D eigenvalue weighted by Crippen LogP contribution is 2.10. The first-order valence-electron chi connectivity index (χ1n) is 4.84. The third-order valence-electron chi connectivity index (χ3n) is 1.76. The van der Waals surface area contributed by atoms with Crippen molar-refractivity contribution in [1.82, 2.24) is 0 Å². The van der Waals surface area contributed by atoms with Crippen LogP contribution in [0.2, 0.25) is 0 Å². The zero-order chi connectivity index (χ0) is 11.8. The Bertz CT molecular complexity index is 421. The molecule has 0 spiro atoms. The largest absolute Gasteiger partial charge is 0.325 e. The molecule has 1 rings (SSSR count). The molecule has 1 aromatic carbocycles. The van der Waals surface area contributed by atoms with E-state index in [4.69, 9.17) is 5.73 Å². The van der Waals surface area contributed by atoms with Gasteiger partial charge in [-0.3, -0.25) is 4.79 Å². The van der Waals surface area contributed by atoms with Crippen molar-refractivity contribution in [3.63, 3.8) is 0 Å². The van der Waals surface area contributed by atoms with Crippen molar-refractivity contribution in [2.75, 3.05) is 23.9 Å². The van der Waals surface area contributed by atoms with Gasteiger partial charge >= 0.3 is 0 Å². The number of thioether (sulfide) groups is 1. The number of benzene rings is 1. The second kappa shape index (κ2) is 6.94. The van der Waals surface area contributed by atoms with E-state index in [1.165, 1.54) is 11.8 Å². The van der Waals surface area contributed by atoms with Crippen molar-refractivity contribution >= 4 is 23.4 Å². The first-order chi connectivity index (χ1) is 7.76. The van der Waals surface area contributed by atoms with Crippen molar-refractivity contribution in [3.8, 4) is 11.8 Å². The molecule has 1 aromatic rings. The van der Waals surface area contributed by atoms with Crippen molar-refractivity contribution in [2.24, 2.45) is 5.73 Å². The Hall–Kier alpha value is -1.44. The van der Waals surface area contributed by atoms with Crippen molar-refractivity contribution in [2.45, 2.75) is 0 Å². The van der Waals surface area contributed by atoms with Crippen LogP contribution in [0.25, 0.3) is 0 Å². The number of hydrogen-bond donors (Lipinski definition) is 2. The zero-order valence-electron chi connectivity index (χ0n) is 9.12. The van der Waals surface area contributed by atoms with Crippen molar-refractivity contribution in [1.29, 1.82) is 0 Å². The Labute approximate surface area is 99.8 Å². The molecule has 0 saturated carbocycles. The van der Waals surface area contributed by atoms with Gasteiger partial charge in [-0.05, 0) is 24.5 Å². The summed E-state index contributed by atoms with van der Waals surface area (Å²) < 4.78 is 0. The van der Waals surface area contributed by atoms with E-state index >= 15 is 0 Å². The van der Waals surface area contributed by atoms with Gasteiger partial charge in [0, 0.05) is 11.3 Å². The van der Waals surface area contributed by atoms with Gasteiger partial charge in [0.05, 0.1) is 12.3 Å². The Morgan fingerprint density at radius 2 is 2.38 bits per heavy atom. The fraction of sp³-hybridized carbons (Fsp3) is 0.250. The van der Waals surface area contributed by atoms with E-state index in [0.29, 0.717) is 12.3 Å². The number of nitrogens with one attached hydrogen (secondary N) is 1. The SMILES string of the molecule is CSCC(=O)Nc1cccc(C#CCN)c1. The maximum atomic E-state index is 11.3. The van der Waals surface area contributed by atoms with Crippen LogP contribution >= 0.6 is 11.8 Å². The van der Waals surface area contributed by atoms with Gasteiger partial charge < -0.3 is 11.1 Å². The van der Waals surface area contributed by atoms with Gasteiger partial charge in [0.15, 0.2) is 0 Å². The lowest BCUT2D eigenvalue weighted by atomic mass is 10.2. The Kier molecular flexibility index (Phi) is 5.48. The first-order valence-corrected chi connectivity index (χ1v) is 6.23. The van der Waals surface area contributed by atoms with Crippen LogP contribution in [-0.4, -0.2) is 24.5 Å². The highest BCUT2D eigenvalue weighted by Gasteiger charge is 2.00. The fourth-order valence-electron chi connectivity index (χ4n) is 1.16. The Balaban J connectivity index is 2.71. The van der Waals surface area contributed by atoms with E-state index < -0.39 is 0 Å². The number of carbonyl (C=O) groups is 1. The molecule has 0 aromatic heterocycles. The van der Waals surface area contributed by atoms with Crippen molar-refractivity contribution < 1.29 is 4.79 Å². The van der Waals surface area contributed by atoms with Crippen LogP contribution in [0.3, 0.4) is 0 Å². The quantitative estimate of drug-likeness (QED) is 0.775. The monoisotopic (exact) mass is 234 g/mol. The molecule has 3 N–H and O–H groups in total. The van der Waals surface area contributed by atoms with Gasteiger partial charge in [-0.1, -0.05) is 17.9 Å². The summed E-state index contributed by atoms with van der Waals surface area (Å²) in [5.41, 5.74) is 6.91. The van der Waals surface area contributed by atoms with Crippen LogP contribution in [0.5, 0.6) is 0 Å². The van der Waals surface area contributed by atoms with E-state index in [-0.39, 0.29) is 5.91 Å². The predicted octanol–water partition coefficient (Wildman–Crippen LogP) is 1.30. The molecule has 0 heterocycles. The summed E-state index contributed by atoms with van der Waals surface area (Å²) in [6.45, 7) is 0.336. The third kappa shape index (κ3) is 4.39. The van der Waals surface area contributed by atoms with Crippen LogP contribution in [0.15, 0.2) is 24.3 Å². The summed E-state index contributed by atoms with van der Waals surface area (Å²) in [4.78, 5) is 11.3. The standard InChI is InChI=1S/C12H14N2OS/c1-16-9-12(15)14-11-6-2-4-10(8-11)5-3-7-13/h2,4,6,8H,7,9,13H2,1H3,(H,14,15). The van der Waals surface area contributed by atoms with Gasteiger partial charge in [0.1, 0.15) is 0 Å². The van der Waals surface area contributed by atoms with Crippen LogP contribution in [0.4, 0.5) is 5.69 Å². The number of hydrogen-bond acceptors (Lipinski definition) is 3. The number of nitrogens with two attached hydrogens (primary N) is 1. The van der Waals surface area contributed by atoms with E-state index in [1.54, 1.807) is 0 Å². The molecule has 0 aliphatic carbocycles. The van der Waals surface area contributed by atoms with E-state index in [2.05, 4.69) is 17.2 Å². The predicted molar refractivity (Wildman–Crippen MR) is 69.4 cm³/mol. The van der Waals surface area contributed by atoms with Crippen LogP contribution in [-0.2, 0) is 4.79 Å². The summed E-state index contributed by atoms with van der Waals surface area (Å²) in [6, 6.07) is 7.41. The molecule has 16 heavy (non-hydrogen) atoms. The molecule has 84 valence electrons. The average Bonchev–Trinajstić information content (AvgIpc) is 2.27. The summed E-state index contributed by atoms with van der Waals surface area (Å²) >= 11 is 1.49. The lowest BCUT2D eigenvalue weighted by Crippen LogP contribution is -2.13. The highest BCUT2D eigenvalue weighted by molar-refractivity contribution is 7.99. The molecule has 3 nitrogen and oxygen atoms in total. The second-order valence-corrected chi connectivity index (χ2v) is 3.93. The zero-order valence-corrected chi connectivity index (χ0v) is 9.93. The molecule has 0 radical (unpaired) electrons. The molecule has 0 atom stereocenters. The molecule has 0 aliphatic heterocycles. The number of rotatable bonds is 3. The van der Waals surface area contributed by atoms with Gasteiger partial charge in [-0.2, -0.15) is 11.8 Å². The molecule has 4 heteroatoms. The minimum atomic E-state index is -0.00330. The van der Waals surface area contributed by atoms with Crippen molar-refractivity contribution in [3.05, 3.63) is 29.8 Å². The van der Waals surface area contributed by atoms with E-state index in [0.717, 1.165) is 11.3 Å². The molecule has 1 amide bonds. The molecular weight excluding hydrogens is 220 g/mol.